The van der Waals surface area contributed by atoms with E-state index in [1.165, 1.54) is 0 Å². The van der Waals surface area contributed by atoms with Crippen LogP contribution in [0.15, 0.2) is 0 Å². The average molecular weight is 359 g/mol. The van der Waals surface area contributed by atoms with Crippen molar-refractivity contribution < 1.29 is 43.5 Å². The lowest BCUT2D eigenvalue weighted by atomic mass is 10.1. The summed E-state index contributed by atoms with van der Waals surface area (Å²) in [5.74, 6) is -4.16. The largest absolute Gasteiger partial charge is 0.480 e. The highest BCUT2D eigenvalue weighted by Gasteiger charge is 2.40. The number of ether oxygens (including phenoxy) is 1. The van der Waals surface area contributed by atoms with E-state index in [0.717, 1.165) is 0 Å². The predicted octanol–water partition coefficient (Wildman–Crippen LogP) is -2.40. The fourth-order valence-electron chi connectivity index (χ4n) is 2.09. The molecule has 25 heavy (non-hydrogen) atoms. The second kappa shape index (κ2) is 7.90. The predicted molar refractivity (Wildman–Crippen MR) is 74.8 cm³/mol. The van der Waals surface area contributed by atoms with Crippen LogP contribution in [0, 0.1) is 0 Å². The molecule has 0 aromatic heterocycles. The summed E-state index contributed by atoms with van der Waals surface area (Å²) < 4.78 is 4.70. The Balaban J connectivity index is 1.77. The number of nitrogens with zero attached hydrogens (tertiary/aromatic N) is 1. The van der Waals surface area contributed by atoms with Gasteiger partial charge in [-0.2, -0.15) is 0 Å². The molecule has 2 aliphatic heterocycles. The van der Waals surface area contributed by atoms with Gasteiger partial charge in [-0.1, -0.05) is 0 Å². The smallest absolute Gasteiger partial charge is 0.375 e. The summed E-state index contributed by atoms with van der Waals surface area (Å²) in [4.78, 5) is 66.5. The summed E-state index contributed by atoms with van der Waals surface area (Å²) in [6.07, 6.45) is -1.19. The van der Waals surface area contributed by atoms with Crippen molar-refractivity contribution >= 4 is 29.7 Å². The van der Waals surface area contributed by atoms with E-state index in [1.807, 2.05) is 0 Å². The fraction of sp³-hybridized carbons (Fsp3) is 0.615. The van der Waals surface area contributed by atoms with Gasteiger partial charge in [-0.3, -0.25) is 19.2 Å². The molecule has 0 radical (unpaired) electrons. The van der Waals surface area contributed by atoms with Crippen molar-refractivity contribution in [2.24, 2.45) is 5.73 Å². The molecule has 0 aromatic carbocycles. The number of cyclic esters (lactones) is 1. The van der Waals surface area contributed by atoms with Gasteiger partial charge in [0.15, 0.2) is 0 Å². The molecule has 12 nitrogen and oxygen atoms in total. The van der Waals surface area contributed by atoms with E-state index in [0.29, 0.717) is 5.23 Å². The Hall–Kier alpha value is -2.73. The van der Waals surface area contributed by atoms with Crippen LogP contribution in [-0.2, 0) is 38.4 Å². The van der Waals surface area contributed by atoms with Gasteiger partial charge in [-0.15, -0.1) is 0 Å². The van der Waals surface area contributed by atoms with Gasteiger partial charge in [0.25, 0.3) is 0 Å². The van der Waals surface area contributed by atoms with Crippen LogP contribution in [0.5, 0.6) is 0 Å². The first-order chi connectivity index (χ1) is 11.8. The van der Waals surface area contributed by atoms with Gasteiger partial charge in [-0.25, -0.2) is 9.63 Å². The molecule has 0 bridgehead atoms. The molecule has 0 spiro atoms. The van der Waals surface area contributed by atoms with Crippen molar-refractivity contribution in [3.8, 4) is 0 Å². The maximum atomic E-state index is 12.0. The van der Waals surface area contributed by atoms with Gasteiger partial charge in [-0.05, 0) is 11.6 Å². The first kappa shape index (κ1) is 18.6. The van der Waals surface area contributed by atoms with Gasteiger partial charge in [0, 0.05) is 19.3 Å². The molecule has 2 saturated heterocycles. The Bertz CT molecular complexity index is 593. The lowest BCUT2D eigenvalue weighted by molar-refractivity contribution is -0.306. The minimum atomic E-state index is -1.24. The quantitative estimate of drug-likeness (QED) is 0.415. The van der Waals surface area contributed by atoms with E-state index in [4.69, 9.17) is 25.3 Å². The van der Waals surface area contributed by atoms with Crippen molar-refractivity contribution in [3.05, 3.63) is 0 Å². The van der Waals surface area contributed by atoms with Gasteiger partial charge < -0.3 is 25.7 Å². The minimum absolute atomic E-state index is 0.0751. The van der Waals surface area contributed by atoms with Crippen LogP contribution in [0.2, 0.25) is 0 Å². The normalized spacial score (nSPS) is 24.0. The number of hydroxylamine groups is 2. The molecule has 2 fully saturated rings. The number of amides is 2. The number of nitrogens with two attached hydrogens (primary N) is 1. The molecular formula is C13H17N3O9. The van der Waals surface area contributed by atoms with Gasteiger partial charge in [0.1, 0.15) is 18.7 Å². The Morgan fingerprint density at radius 2 is 2.12 bits per heavy atom. The third-order valence-corrected chi connectivity index (χ3v) is 3.49. The average Bonchev–Trinajstić information content (AvgIpc) is 3.13. The Morgan fingerprint density at radius 3 is 2.72 bits per heavy atom. The molecule has 4 N–H and O–H groups in total. The van der Waals surface area contributed by atoms with E-state index in [2.05, 4.69) is 5.32 Å². The van der Waals surface area contributed by atoms with Crippen molar-refractivity contribution in [1.29, 1.82) is 0 Å². The number of carboxylic acids is 1. The molecular weight excluding hydrogens is 342 g/mol. The summed E-state index contributed by atoms with van der Waals surface area (Å²) in [6, 6.07) is -2.28. The van der Waals surface area contributed by atoms with Crippen molar-refractivity contribution in [2.75, 3.05) is 6.61 Å². The molecule has 1 unspecified atom stereocenters. The highest BCUT2D eigenvalue weighted by Crippen LogP contribution is 2.17. The van der Waals surface area contributed by atoms with Crippen molar-refractivity contribution in [1.82, 2.24) is 10.5 Å². The summed E-state index contributed by atoms with van der Waals surface area (Å²) in [7, 11) is 0. The number of hydrogen-bond acceptors (Lipinski definition) is 9. The van der Waals surface area contributed by atoms with Crippen LogP contribution < -0.4 is 11.1 Å². The molecule has 0 aliphatic carbocycles. The molecule has 2 heterocycles. The van der Waals surface area contributed by atoms with E-state index >= 15 is 0 Å². The number of nitrogens with one attached hydrogen (secondary N) is 1. The second-order valence-corrected chi connectivity index (χ2v) is 5.42. The lowest BCUT2D eigenvalue weighted by Crippen LogP contribution is -2.44. The topological polar surface area (TPSA) is 175 Å². The van der Waals surface area contributed by atoms with Crippen molar-refractivity contribution in [3.63, 3.8) is 0 Å². The number of hydrogen-bond donors (Lipinski definition) is 3. The molecule has 0 saturated carbocycles. The van der Waals surface area contributed by atoms with Crippen LogP contribution in [0.3, 0.4) is 0 Å². The summed E-state index contributed by atoms with van der Waals surface area (Å²) >= 11 is 0. The third-order valence-electron chi connectivity index (χ3n) is 3.49. The standard InChI is InChI=1S/C13H17N3O9/c14-6(12(20)21)1-3-9(17)15-7-5-23-16(11(7)19)25-13(22)8-2-4-10(18)24-8/h6-8H,1-5,14H2,(H,15,17)(H,20,21)/t6-,7+,8?/m1/s1. The first-order valence-electron chi connectivity index (χ1n) is 7.44. The maximum Gasteiger partial charge on any atom is 0.375 e. The van der Waals surface area contributed by atoms with Gasteiger partial charge in [0.2, 0.25) is 12.0 Å². The number of carboxylic acid groups (broad SMARTS) is 1. The summed E-state index contributed by atoms with van der Waals surface area (Å²) in [6.45, 7) is -0.271. The van der Waals surface area contributed by atoms with E-state index in [9.17, 15) is 24.0 Å². The Morgan fingerprint density at radius 1 is 1.40 bits per heavy atom. The zero-order valence-electron chi connectivity index (χ0n) is 13.0. The number of aliphatic carboxylic acids is 1. The Kier molecular flexibility index (Phi) is 5.88. The van der Waals surface area contributed by atoms with Gasteiger partial charge >= 0.3 is 23.8 Å². The Labute approximate surface area is 141 Å². The summed E-state index contributed by atoms with van der Waals surface area (Å²) in [5.41, 5.74) is 5.27. The van der Waals surface area contributed by atoms with Crippen LogP contribution in [0.4, 0.5) is 0 Å². The summed E-state index contributed by atoms with van der Waals surface area (Å²) in [5, 5.41) is 11.3. The number of carbonyl (C=O) groups excluding carboxylic acids is 4. The molecule has 0 aromatic rings. The van der Waals surface area contributed by atoms with Crippen LogP contribution >= 0.6 is 0 Å². The zero-order valence-corrected chi connectivity index (χ0v) is 13.0. The van der Waals surface area contributed by atoms with E-state index in [1.54, 1.807) is 0 Å². The number of esters is 1. The first-order valence-corrected chi connectivity index (χ1v) is 7.44. The second-order valence-electron chi connectivity index (χ2n) is 5.42. The lowest BCUT2D eigenvalue weighted by Gasteiger charge is -2.15. The number of carbonyl (C=O) groups is 5. The molecule has 2 aliphatic rings. The molecule has 2 rings (SSSR count). The third kappa shape index (κ3) is 4.87. The van der Waals surface area contributed by atoms with Crippen molar-refractivity contribution in [2.45, 2.75) is 43.9 Å². The zero-order chi connectivity index (χ0) is 18.6. The minimum Gasteiger partial charge on any atom is -0.480 e. The molecule has 12 heteroatoms. The van der Waals surface area contributed by atoms with Crippen LogP contribution in [0.25, 0.3) is 0 Å². The van der Waals surface area contributed by atoms with E-state index in [-0.39, 0.29) is 32.3 Å². The molecule has 138 valence electrons. The van der Waals surface area contributed by atoms with E-state index < -0.39 is 47.9 Å². The molecule has 2 amide bonds. The maximum absolute atomic E-state index is 12.0. The highest BCUT2D eigenvalue weighted by atomic mass is 17.0. The van der Waals surface area contributed by atoms with Crippen LogP contribution in [0.1, 0.15) is 25.7 Å². The highest BCUT2D eigenvalue weighted by molar-refractivity contribution is 5.89. The fourth-order valence-corrected chi connectivity index (χ4v) is 2.09. The van der Waals surface area contributed by atoms with Gasteiger partial charge in [0.05, 0.1) is 0 Å². The molecule has 3 atom stereocenters. The SMILES string of the molecule is N[C@H](CCC(=O)N[C@H]1CON(OC(=O)C2CCC(=O)O2)C1=O)C(=O)O. The monoisotopic (exact) mass is 359 g/mol. The number of rotatable bonds is 7. The van der Waals surface area contributed by atoms with Crippen LogP contribution in [-0.4, -0.2) is 64.8 Å².